The molecule has 0 radical (unpaired) electrons. The number of amides is 1. The maximum Gasteiger partial charge on any atom is 0.234 e. The molecule has 2 rings (SSSR count). The summed E-state index contributed by atoms with van der Waals surface area (Å²) in [6.45, 7) is 4.58. The first-order chi connectivity index (χ1) is 8.70. The Hall–Kier alpha value is -1.50. The van der Waals surface area contributed by atoms with Gasteiger partial charge in [0, 0.05) is 19.4 Å². The van der Waals surface area contributed by atoms with Crippen molar-refractivity contribution in [2.75, 3.05) is 6.54 Å². The number of rotatable bonds is 6. The minimum absolute atomic E-state index is 0.121. The molecule has 2 aromatic rings. The van der Waals surface area contributed by atoms with Gasteiger partial charge in [-0.05, 0) is 13.3 Å². The number of fused-ring (bicyclic) bond motifs is 1. The van der Waals surface area contributed by atoms with E-state index in [1.54, 1.807) is 4.52 Å². The van der Waals surface area contributed by atoms with Crippen LogP contribution in [0.2, 0.25) is 0 Å². The Balaban J connectivity index is 1.81. The number of hydrogen-bond donors (Lipinski definition) is 1. The molecule has 0 aliphatic heterocycles. The Kier molecular flexibility index (Phi) is 4.24. The number of nitrogens with one attached hydrogen (secondary N) is 1. The van der Waals surface area contributed by atoms with Crippen LogP contribution in [-0.2, 0) is 11.2 Å². The molecule has 18 heavy (non-hydrogen) atoms. The Labute approximate surface area is 109 Å². The molecule has 2 aromatic heterocycles. The van der Waals surface area contributed by atoms with Crippen LogP contribution in [0, 0.1) is 6.92 Å². The third-order valence-corrected chi connectivity index (χ3v) is 3.57. The quantitative estimate of drug-likeness (QED) is 0.857. The summed E-state index contributed by atoms with van der Waals surface area (Å²) >= 11 is 1.51. The lowest BCUT2D eigenvalue weighted by atomic mass is 10.2. The molecular formula is C11H17N5OS. The minimum atomic E-state index is 0.121. The van der Waals surface area contributed by atoms with E-state index in [-0.39, 0.29) is 5.91 Å². The lowest BCUT2D eigenvalue weighted by molar-refractivity contribution is -0.121. The van der Waals surface area contributed by atoms with Gasteiger partial charge in [0.1, 0.15) is 5.01 Å². The molecule has 0 aliphatic carbocycles. The van der Waals surface area contributed by atoms with Gasteiger partial charge in [0.25, 0.3) is 0 Å². The van der Waals surface area contributed by atoms with Crippen LogP contribution in [0.3, 0.4) is 0 Å². The van der Waals surface area contributed by atoms with E-state index in [1.807, 2.05) is 6.92 Å². The number of hydrogen-bond acceptors (Lipinski definition) is 5. The summed E-state index contributed by atoms with van der Waals surface area (Å²) in [7, 11) is 0. The van der Waals surface area contributed by atoms with Crippen LogP contribution in [0.4, 0.5) is 0 Å². The van der Waals surface area contributed by atoms with Gasteiger partial charge in [0.15, 0.2) is 5.82 Å². The second-order valence-corrected chi connectivity index (χ2v) is 5.18. The number of aromatic nitrogens is 4. The topological polar surface area (TPSA) is 72.2 Å². The summed E-state index contributed by atoms with van der Waals surface area (Å²) in [6.07, 6.45) is 3.34. The molecule has 0 saturated carbocycles. The zero-order valence-corrected chi connectivity index (χ0v) is 11.5. The predicted molar refractivity (Wildman–Crippen MR) is 69.6 cm³/mol. The maximum atomic E-state index is 11.4. The summed E-state index contributed by atoms with van der Waals surface area (Å²) in [4.78, 5) is 12.2. The zero-order valence-electron chi connectivity index (χ0n) is 10.6. The van der Waals surface area contributed by atoms with Crippen molar-refractivity contribution in [1.29, 1.82) is 0 Å². The third-order valence-electron chi connectivity index (χ3n) is 2.61. The van der Waals surface area contributed by atoms with Crippen LogP contribution in [0.25, 0.3) is 4.96 Å². The molecular weight excluding hydrogens is 250 g/mol. The van der Waals surface area contributed by atoms with Gasteiger partial charge in [-0.2, -0.15) is 9.61 Å². The highest BCUT2D eigenvalue weighted by molar-refractivity contribution is 7.16. The highest BCUT2D eigenvalue weighted by Gasteiger charge is 2.08. The molecule has 2 heterocycles. The van der Waals surface area contributed by atoms with E-state index < -0.39 is 0 Å². The largest absolute Gasteiger partial charge is 0.356 e. The van der Waals surface area contributed by atoms with Gasteiger partial charge < -0.3 is 5.32 Å². The smallest absolute Gasteiger partial charge is 0.234 e. The summed E-state index contributed by atoms with van der Waals surface area (Å²) < 4.78 is 1.74. The second kappa shape index (κ2) is 5.90. The van der Waals surface area contributed by atoms with Gasteiger partial charge in [0.2, 0.25) is 10.9 Å². The van der Waals surface area contributed by atoms with Crippen molar-refractivity contribution in [3.8, 4) is 0 Å². The molecule has 6 nitrogen and oxygen atoms in total. The minimum Gasteiger partial charge on any atom is -0.356 e. The molecule has 0 saturated heterocycles. The van der Waals surface area contributed by atoms with Crippen LogP contribution in [-0.4, -0.2) is 32.3 Å². The highest BCUT2D eigenvalue weighted by atomic mass is 32.1. The van der Waals surface area contributed by atoms with Gasteiger partial charge in [-0.25, -0.2) is 0 Å². The van der Waals surface area contributed by atoms with Gasteiger partial charge in [-0.1, -0.05) is 24.7 Å². The fourth-order valence-electron chi connectivity index (χ4n) is 1.59. The van der Waals surface area contributed by atoms with E-state index in [1.165, 1.54) is 11.3 Å². The fourth-order valence-corrected chi connectivity index (χ4v) is 2.47. The molecule has 0 fully saturated rings. The Morgan fingerprint density at radius 2 is 2.28 bits per heavy atom. The molecule has 1 amide bonds. The van der Waals surface area contributed by atoms with E-state index in [0.717, 1.165) is 35.1 Å². The van der Waals surface area contributed by atoms with Crippen LogP contribution < -0.4 is 5.32 Å². The summed E-state index contributed by atoms with van der Waals surface area (Å²) in [6, 6.07) is 0. The maximum absolute atomic E-state index is 11.4. The Bertz CT molecular complexity index is 533. The Morgan fingerprint density at radius 1 is 1.44 bits per heavy atom. The van der Waals surface area contributed by atoms with Crippen molar-refractivity contribution in [3.05, 3.63) is 10.8 Å². The molecule has 7 heteroatoms. The number of carbonyl (C=O) groups is 1. The molecule has 0 aliphatic rings. The molecule has 0 atom stereocenters. The normalized spacial score (nSPS) is 11.0. The second-order valence-electron chi connectivity index (χ2n) is 4.14. The number of aryl methyl sites for hydroxylation is 1. The van der Waals surface area contributed by atoms with E-state index in [4.69, 9.17) is 0 Å². The van der Waals surface area contributed by atoms with Gasteiger partial charge in [-0.3, -0.25) is 4.79 Å². The van der Waals surface area contributed by atoms with Crippen molar-refractivity contribution in [3.63, 3.8) is 0 Å². The molecule has 0 unspecified atom stereocenters. The summed E-state index contributed by atoms with van der Waals surface area (Å²) in [5.41, 5.74) is 0. The molecule has 1 N–H and O–H groups in total. The van der Waals surface area contributed by atoms with Crippen molar-refractivity contribution < 1.29 is 4.79 Å². The molecule has 0 bridgehead atoms. The Morgan fingerprint density at radius 3 is 3.00 bits per heavy atom. The lowest BCUT2D eigenvalue weighted by Gasteiger charge is -2.02. The third kappa shape index (κ3) is 3.04. The number of carbonyl (C=O) groups excluding carboxylic acids is 1. The van der Waals surface area contributed by atoms with Crippen LogP contribution >= 0.6 is 11.3 Å². The summed E-state index contributed by atoms with van der Waals surface area (Å²) in [5.74, 6) is 0.913. The van der Waals surface area contributed by atoms with Crippen LogP contribution in [0.15, 0.2) is 0 Å². The number of nitrogens with zero attached hydrogens (tertiary/aromatic N) is 4. The van der Waals surface area contributed by atoms with E-state index in [9.17, 15) is 4.79 Å². The van der Waals surface area contributed by atoms with Gasteiger partial charge in [0.05, 0.1) is 0 Å². The average Bonchev–Trinajstić information content (AvgIpc) is 2.89. The van der Waals surface area contributed by atoms with Crippen molar-refractivity contribution in [2.24, 2.45) is 0 Å². The van der Waals surface area contributed by atoms with Crippen LogP contribution in [0.5, 0.6) is 0 Å². The molecule has 0 spiro atoms. The highest BCUT2D eigenvalue weighted by Crippen LogP contribution is 2.13. The standard InChI is InChI=1S/C11H17N5OS/c1-3-4-5-9(17)12-7-6-10-15-16-8(2)13-14-11(16)18-10/h3-7H2,1-2H3,(H,12,17). The fraction of sp³-hybridized carbons (Fsp3) is 0.636. The van der Waals surface area contributed by atoms with Crippen molar-refractivity contribution >= 4 is 22.2 Å². The molecule has 98 valence electrons. The van der Waals surface area contributed by atoms with Crippen molar-refractivity contribution in [1.82, 2.24) is 25.1 Å². The monoisotopic (exact) mass is 267 g/mol. The van der Waals surface area contributed by atoms with Crippen molar-refractivity contribution in [2.45, 2.75) is 39.5 Å². The zero-order chi connectivity index (χ0) is 13.0. The first kappa shape index (κ1) is 12.9. The average molecular weight is 267 g/mol. The van der Waals surface area contributed by atoms with E-state index >= 15 is 0 Å². The first-order valence-electron chi connectivity index (χ1n) is 6.15. The van der Waals surface area contributed by atoms with Gasteiger partial charge in [-0.15, -0.1) is 10.2 Å². The van der Waals surface area contributed by atoms with E-state index in [0.29, 0.717) is 13.0 Å². The first-order valence-corrected chi connectivity index (χ1v) is 6.96. The lowest BCUT2D eigenvalue weighted by Crippen LogP contribution is -2.25. The number of unbranched alkanes of at least 4 members (excludes halogenated alkanes) is 1. The van der Waals surface area contributed by atoms with Gasteiger partial charge >= 0.3 is 0 Å². The predicted octanol–water partition coefficient (Wildman–Crippen LogP) is 1.34. The van der Waals surface area contributed by atoms with E-state index in [2.05, 4.69) is 27.5 Å². The SMILES string of the molecule is CCCCC(=O)NCCc1nn2c(C)nnc2s1. The summed E-state index contributed by atoms with van der Waals surface area (Å²) in [5, 5.41) is 16.2. The molecule has 0 aromatic carbocycles. The van der Waals surface area contributed by atoms with Crippen LogP contribution in [0.1, 0.15) is 37.0 Å².